The van der Waals surface area contributed by atoms with Crippen LogP contribution in [0.3, 0.4) is 0 Å². The Kier molecular flexibility index (Phi) is 4.51. The molecule has 3 heteroatoms. The van der Waals surface area contributed by atoms with Crippen molar-refractivity contribution in [3.05, 3.63) is 29.3 Å². The second-order valence-corrected chi connectivity index (χ2v) is 6.85. The second kappa shape index (κ2) is 6.37. The minimum absolute atomic E-state index is 0.789. The highest BCUT2D eigenvalue weighted by molar-refractivity contribution is 5.55. The summed E-state index contributed by atoms with van der Waals surface area (Å²) in [5.41, 5.74) is 4.21. The van der Waals surface area contributed by atoms with Gasteiger partial charge in [-0.25, -0.2) is 0 Å². The van der Waals surface area contributed by atoms with E-state index in [9.17, 15) is 0 Å². The Labute approximate surface area is 129 Å². The Morgan fingerprint density at radius 2 is 1.81 bits per heavy atom. The highest BCUT2D eigenvalue weighted by atomic mass is 15.3. The maximum atomic E-state index is 2.66. The molecule has 2 heterocycles. The van der Waals surface area contributed by atoms with E-state index in [-0.39, 0.29) is 0 Å². The molecule has 2 saturated heterocycles. The van der Waals surface area contributed by atoms with Gasteiger partial charge in [-0.1, -0.05) is 12.1 Å². The molecule has 0 aromatic heterocycles. The van der Waals surface area contributed by atoms with Crippen LogP contribution in [0.2, 0.25) is 0 Å². The first-order valence-corrected chi connectivity index (χ1v) is 8.38. The Morgan fingerprint density at radius 3 is 2.48 bits per heavy atom. The minimum atomic E-state index is 0.789. The molecule has 0 unspecified atom stereocenters. The highest BCUT2D eigenvalue weighted by Crippen LogP contribution is 2.23. The van der Waals surface area contributed by atoms with E-state index in [4.69, 9.17) is 0 Å². The molecule has 0 aliphatic carbocycles. The predicted molar refractivity (Wildman–Crippen MR) is 90.2 cm³/mol. The normalized spacial score (nSPS) is 24.7. The standard InChI is InChI=1S/C18H29N3/c1-15-6-7-16(2)18(13-15)21-11-9-20(10-12-21)14-17-5-4-8-19(17)3/h6-7,13,17H,4-5,8-12,14H2,1-3H3/t17-/m1/s1. The summed E-state index contributed by atoms with van der Waals surface area (Å²) >= 11 is 0. The van der Waals surface area contributed by atoms with Gasteiger partial charge in [0.2, 0.25) is 0 Å². The van der Waals surface area contributed by atoms with Crippen molar-refractivity contribution in [2.24, 2.45) is 0 Å². The molecular formula is C18H29N3. The third-order valence-corrected chi connectivity index (χ3v) is 5.22. The van der Waals surface area contributed by atoms with Crippen LogP contribution in [-0.4, -0.2) is 62.2 Å². The zero-order valence-electron chi connectivity index (χ0n) is 13.8. The van der Waals surface area contributed by atoms with Gasteiger partial charge < -0.3 is 9.80 Å². The van der Waals surface area contributed by atoms with Crippen LogP contribution in [0.25, 0.3) is 0 Å². The lowest BCUT2D eigenvalue weighted by atomic mass is 10.1. The van der Waals surface area contributed by atoms with Crippen molar-refractivity contribution in [1.82, 2.24) is 9.80 Å². The minimum Gasteiger partial charge on any atom is -0.369 e. The molecule has 0 saturated carbocycles. The zero-order chi connectivity index (χ0) is 14.8. The van der Waals surface area contributed by atoms with E-state index in [0.29, 0.717) is 0 Å². The van der Waals surface area contributed by atoms with Gasteiger partial charge in [-0.05, 0) is 57.5 Å². The molecule has 2 fully saturated rings. The zero-order valence-corrected chi connectivity index (χ0v) is 13.8. The first-order chi connectivity index (χ1) is 10.1. The predicted octanol–water partition coefficient (Wildman–Crippen LogP) is 2.52. The molecule has 0 amide bonds. The van der Waals surface area contributed by atoms with Crippen LogP contribution in [0.4, 0.5) is 5.69 Å². The van der Waals surface area contributed by atoms with Crippen molar-refractivity contribution in [3.63, 3.8) is 0 Å². The number of likely N-dealkylation sites (tertiary alicyclic amines) is 1. The average molecular weight is 287 g/mol. The Bertz CT molecular complexity index is 477. The van der Waals surface area contributed by atoms with Crippen LogP contribution in [0.15, 0.2) is 18.2 Å². The summed E-state index contributed by atoms with van der Waals surface area (Å²) in [5.74, 6) is 0. The Morgan fingerprint density at radius 1 is 1.05 bits per heavy atom. The number of hydrogen-bond acceptors (Lipinski definition) is 3. The average Bonchev–Trinajstić information content (AvgIpc) is 2.88. The van der Waals surface area contributed by atoms with Gasteiger partial charge in [0.05, 0.1) is 0 Å². The lowest BCUT2D eigenvalue weighted by Crippen LogP contribution is -2.50. The van der Waals surface area contributed by atoms with Crippen LogP contribution in [-0.2, 0) is 0 Å². The maximum absolute atomic E-state index is 2.66. The van der Waals surface area contributed by atoms with Gasteiger partial charge in [0.1, 0.15) is 0 Å². The molecule has 1 atom stereocenters. The molecule has 2 aliphatic rings. The lowest BCUT2D eigenvalue weighted by molar-refractivity contribution is 0.185. The third kappa shape index (κ3) is 3.41. The maximum Gasteiger partial charge on any atom is 0.0399 e. The number of anilines is 1. The molecular weight excluding hydrogens is 258 g/mol. The molecule has 116 valence electrons. The summed E-state index contributed by atoms with van der Waals surface area (Å²) in [6.07, 6.45) is 2.76. The van der Waals surface area contributed by atoms with Crippen molar-refractivity contribution in [3.8, 4) is 0 Å². The van der Waals surface area contributed by atoms with Gasteiger partial charge in [-0.2, -0.15) is 0 Å². The summed E-state index contributed by atoms with van der Waals surface area (Å²) in [7, 11) is 2.28. The topological polar surface area (TPSA) is 9.72 Å². The smallest absolute Gasteiger partial charge is 0.0399 e. The van der Waals surface area contributed by atoms with Crippen LogP contribution >= 0.6 is 0 Å². The lowest BCUT2D eigenvalue weighted by Gasteiger charge is -2.38. The van der Waals surface area contributed by atoms with E-state index in [2.05, 4.69) is 53.8 Å². The second-order valence-electron chi connectivity index (χ2n) is 6.85. The van der Waals surface area contributed by atoms with Gasteiger partial charge >= 0.3 is 0 Å². The summed E-state index contributed by atoms with van der Waals surface area (Å²) in [6, 6.07) is 7.60. The van der Waals surface area contributed by atoms with Gasteiger partial charge in [-0.3, -0.25) is 4.90 Å². The van der Waals surface area contributed by atoms with E-state index in [1.165, 1.54) is 68.9 Å². The largest absolute Gasteiger partial charge is 0.369 e. The quantitative estimate of drug-likeness (QED) is 0.846. The molecule has 3 rings (SSSR count). The number of hydrogen-bond donors (Lipinski definition) is 0. The van der Waals surface area contributed by atoms with E-state index in [1.54, 1.807) is 0 Å². The molecule has 0 bridgehead atoms. The van der Waals surface area contributed by atoms with Gasteiger partial charge in [0.15, 0.2) is 0 Å². The van der Waals surface area contributed by atoms with E-state index in [1.807, 2.05) is 0 Å². The van der Waals surface area contributed by atoms with Crippen LogP contribution < -0.4 is 4.90 Å². The SMILES string of the molecule is Cc1ccc(C)c(N2CCN(C[C@H]3CCCN3C)CC2)c1. The fourth-order valence-corrected chi connectivity index (χ4v) is 3.74. The molecule has 0 spiro atoms. The molecule has 3 nitrogen and oxygen atoms in total. The van der Waals surface area contributed by atoms with Crippen molar-refractivity contribution < 1.29 is 0 Å². The van der Waals surface area contributed by atoms with Crippen LogP contribution in [0, 0.1) is 13.8 Å². The monoisotopic (exact) mass is 287 g/mol. The first kappa shape index (κ1) is 14.9. The molecule has 1 aromatic carbocycles. The molecule has 0 radical (unpaired) electrons. The Balaban J connectivity index is 1.56. The summed E-state index contributed by atoms with van der Waals surface area (Å²) < 4.78 is 0. The number of benzene rings is 1. The summed E-state index contributed by atoms with van der Waals surface area (Å²) in [6.45, 7) is 11.7. The van der Waals surface area contributed by atoms with Crippen molar-refractivity contribution in [2.45, 2.75) is 32.7 Å². The number of piperazine rings is 1. The van der Waals surface area contributed by atoms with Crippen LogP contribution in [0.1, 0.15) is 24.0 Å². The van der Waals surface area contributed by atoms with E-state index in [0.717, 1.165) is 6.04 Å². The number of aryl methyl sites for hydroxylation is 2. The van der Waals surface area contributed by atoms with Gasteiger partial charge in [0, 0.05) is 44.5 Å². The third-order valence-electron chi connectivity index (χ3n) is 5.22. The highest BCUT2D eigenvalue weighted by Gasteiger charge is 2.25. The Hall–Kier alpha value is -1.06. The van der Waals surface area contributed by atoms with Gasteiger partial charge in [0.25, 0.3) is 0 Å². The fraction of sp³-hybridized carbons (Fsp3) is 0.667. The van der Waals surface area contributed by atoms with E-state index < -0.39 is 0 Å². The van der Waals surface area contributed by atoms with Crippen molar-refractivity contribution in [2.75, 3.05) is 51.2 Å². The summed E-state index contributed by atoms with van der Waals surface area (Å²) in [5, 5.41) is 0. The van der Waals surface area contributed by atoms with Crippen LogP contribution in [0.5, 0.6) is 0 Å². The summed E-state index contributed by atoms with van der Waals surface area (Å²) in [4.78, 5) is 7.77. The molecule has 0 N–H and O–H groups in total. The number of likely N-dealkylation sites (N-methyl/N-ethyl adjacent to an activating group) is 1. The molecule has 2 aliphatic heterocycles. The van der Waals surface area contributed by atoms with Crippen molar-refractivity contribution in [1.29, 1.82) is 0 Å². The first-order valence-electron chi connectivity index (χ1n) is 8.38. The molecule has 21 heavy (non-hydrogen) atoms. The molecule has 1 aromatic rings. The fourth-order valence-electron chi connectivity index (χ4n) is 3.74. The number of nitrogens with zero attached hydrogens (tertiary/aromatic N) is 3. The number of rotatable bonds is 3. The van der Waals surface area contributed by atoms with Crippen molar-refractivity contribution >= 4 is 5.69 Å². The van der Waals surface area contributed by atoms with Gasteiger partial charge in [-0.15, -0.1) is 0 Å². The van der Waals surface area contributed by atoms with E-state index >= 15 is 0 Å².